The van der Waals surface area contributed by atoms with Crippen molar-refractivity contribution >= 4 is 55.2 Å². The van der Waals surface area contributed by atoms with E-state index in [0.29, 0.717) is 5.84 Å². The van der Waals surface area contributed by atoms with E-state index in [-0.39, 0.29) is 6.17 Å². The van der Waals surface area contributed by atoms with Gasteiger partial charge in [0.15, 0.2) is 5.84 Å². The Morgan fingerprint density at radius 2 is 0.965 bits per heavy atom. The number of para-hydroxylation sites is 1. The second-order valence-electron chi connectivity index (χ2n) is 14.6. The first-order chi connectivity index (χ1) is 28.2. The number of aliphatic imine (C=N–C) groups is 2. The minimum atomic E-state index is -0.376. The Bertz CT molecular complexity index is 3190. The predicted molar refractivity (Wildman–Crippen MR) is 237 cm³/mol. The molecule has 0 saturated heterocycles. The van der Waals surface area contributed by atoms with Crippen LogP contribution in [0.5, 0.6) is 0 Å². The number of furan rings is 1. The van der Waals surface area contributed by atoms with Gasteiger partial charge in [-0.05, 0) is 90.8 Å². The zero-order chi connectivity index (χ0) is 37.7. The fourth-order valence-corrected chi connectivity index (χ4v) is 8.14. The summed E-state index contributed by atoms with van der Waals surface area (Å²) in [6.45, 7) is 0. The summed E-state index contributed by atoms with van der Waals surface area (Å²) in [6.07, 6.45) is -0.376. The van der Waals surface area contributed by atoms with E-state index < -0.39 is 0 Å². The van der Waals surface area contributed by atoms with Gasteiger partial charge in [0.2, 0.25) is 0 Å². The van der Waals surface area contributed by atoms with Crippen molar-refractivity contribution in [2.75, 3.05) is 0 Å². The topological polar surface area (TPSA) is 49.9 Å². The third-order valence-corrected chi connectivity index (χ3v) is 11.1. The van der Waals surface area contributed by atoms with Crippen LogP contribution in [0.3, 0.4) is 0 Å². The van der Waals surface area contributed by atoms with Gasteiger partial charge in [0.1, 0.15) is 23.2 Å². The number of nitrogens with one attached hydrogen (secondary N) is 1. The molecule has 0 radical (unpaired) electrons. The highest BCUT2D eigenvalue weighted by molar-refractivity contribution is 6.22. The number of nitrogens with zero attached hydrogens (tertiary/aromatic N) is 2. The fourth-order valence-electron chi connectivity index (χ4n) is 8.14. The predicted octanol–water partition coefficient (Wildman–Crippen LogP) is 13.4. The number of benzene rings is 9. The van der Waals surface area contributed by atoms with E-state index in [2.05, 4.69) is 187 Å². The van der Waals surface area contributed by atoms with Gasteiger partial charge in [0.05, 0.1) is 0 Å². The molecule has 10 aromatic rings. The molecule has 0 saturated carbocycles. The molecule has 1 unspecified atom stereocenters. The largest absolute Gasteiger partial charge is 0.456 e. The molecule has 0 bridgehead atoms. The first-order valence-corrected chi connectivity index (χ1v) is 19.3. The van der Waals surface area contributed by atoms with Gasteiger partial charge >= 0.3 is 0 Å². The van der Waals surface area contributed by atoms with Gasteiger partial charge in [-0.3, -0.25) is 0 Å². The summed E-state index contributed by atoms with van der Waals surface area (Å²) in [5.74, 6) is 1.42. The van der Waals surface area contributed by atoms with Crippen LogP contribution in [0.2, 0.25) is 0 Å². The standard InChI is InChI=1S/C53H35N3O/c1-2-10-34(11-3-1)37-18-20-39(21-19-37)45-32-47(50-46-16-8-9-17-48(46)57-49(50)33-45)53-55-51(54-52(56-53)44-29-25-36-13-5-7-15-42(36)31-44)40-26-22-38(23-27-40)43-28-24-35-12-4-6-14-41(35)30-43/h1-33,52H,(H,54,55,56). The Morgan fingerprint density at radius 1 is 0.404 bits per heavy atom. The van der Waals surface area contributed by atoms with E-state index in [1.807, 2.05) is 18.2 Å². The van der Waals surface area contributed by atoms with Crippen molar-refractivity contribution in [1.29, 1.82) is 0 Å². The molecule has 57 heavy (non-hydrogen) atoms. The molecule has 11 rings (SSSR count). The molecule has 4 heteroatoms. The molecule has 1 aliphatic heterocycles. The summed E-state index contributed by atoms with van der Waals surface area (Å²) in [4.78, 5) is 10.7. The summed E-state index contributed by atoms with van der Waals surface area (Å²) >= 11 is 0. The minimum Gasteiger partial charge on any atom is -0.456 e. The summed E-state index contributed by atoms with van der Waals surface area (Å²) in [5.41, 5.74) is 11.4. The van der Waals surface area contributed by atoms with Gasteiger partial charge in [-0.15, -0.1) is 0 Å². The van der Waals surface area contributed by atoms with Crippen LogP contribution in [-0.2, 0) is 0 Å². The number of hydrogen-bond donors (Lipinski definition) is 1. The maximum atomic E-state index is 6.57. The summed E-state index contributed by atoms with van der Waals surface area (Å²) in [5, 5.41) is 10.6. The van der Waals surface area contributed by atoms with Gasteiger partial charge in [-0.1, -0.05) is 170 Å². The lowest BCUT2D eigenvalue weighted by atomic mass is 9.96. The van der Waals surface area contributed by atoms with E-state index in [1.54, 1.807) is 0 Å². The average Bonchev–Trinajstić information content (AvgIpc) is 3.67. The van der Waals surface area contributed by atoms with Crippen LogP contribution in [0.25, 0.3) is 76.9 Å². The first-order valence-electron chi connectivity index (χ1n) is 19.3. The van der Waals surface area contributed by atoms with Crippen LogP contribution >= 0.6 is 0 Å². The summed E-state index contributed by atoms with van der Waals surface area (Å²) in [6, 6.07) is 70.6. The third-order valence-electron chi connectivity index (χ3n) is 11.1. The van der Waals surface area contributed by atoms with Crippen LogP contribution in [0.1, 0.15) is 22.9 Å². The highest BCUT2D eigenvalue weighted by Gasteiger charge is 2.25. The SMILES string of the molecule is c1ccc(-c2ccc(-c3cc(C4=NC(c5ccc6ccccc6c5)NC(c5ccc(-c6ccc7ccccc7c6)cc5)=N4)c4c(c3)oc3ccccc34)cc2)cc1. The van der Waals surface area contributed by atoms with Crippen LogP contribution in [0.15, 0.2) is 215 Å². The maximum Gasteiger partial charge on any atom is 0.160 e. The monoisotopic (exact) mass is 729 g/mol. The molecular weight excluding hydrogens is 695 g/mol. The Kier molecular flexibility index (Phi) is 7.85. The second-order valence-corrected chi connectivity index (χ2v) is 14.6. The Morgan fingerprint density at radius 3 is 1.72 bits per heavy atom. The van der Waals surface area contributed by atoms with Crippen molar-refractivity contribution in [2.24, 2.45) is 9.98 Å². The number of rotatable bonds is 6. The van der Waals surface area contributed by atoms with Gasteiger partial charge in [-0.2, -0.15) is 0 Å². The molecule has 1 atom stereocenters. The van der Waals surface area contributed by atoms with Gasteiger partial charge in [0.25, 0.3) is 0 Å². The zero-order valence-electron chi connectivity index (χ0n) is 30.9. The lowest BCUT2D eigenvalue weighted by molar-refractivity contribution is 0.668. The van der Waals surface area contributed by atoms with Crippen molar-refractivity contribution in [3.63, 3.8) is 0 Å². The van der Waals surface area contributed by atoms with E-state index in [9.17, 15) is 0 Å². The molecule has 268 valence electrons. The van der Waals surface area contributed by atoms with E-state index in [1.165, 1.54) is 38.2 Å². The van der Waals surface area contributed by atoms with Crippen molar-refractivity contribution in [3.05, 3.63) is 217 Å². The van der Waals surface area contributed by atoms with Crippen LogP contribution < -0.4 is 5.32 Å². The Balaban J connectivity index is 1.06. The lowest BCUT2D eigenvalue weighted by Gasteiger charge is -2.24. The Hall–Kier alpha value is -7.56. The van der Waals surface area contributed by atoms with Crippen molar-refractivity contribution < 1.29 is 4.42 Å². The molecule has 1 aromatic heterocycles. The molecule has 1 N–H and O–H groups in total. The Labute approximate surface area is 330 Å². The first kappa shape index (κ1) is 32.8. The molecule has 0 aliphatic carbocycles. The number of hydrogen-bond acceptors (Lipinski definition) is 4. The van der Waals surface area contributed by atoms with Crippen molar-refractivity contribution in [3.8, 4) is 33.4 Å². The van der Waals surface area contributed by atoms with Gasteiger partial charge in [-0.25, -0.2) is 9.98 Å². The van der Waals surface area contributed by atoms with E-state index in [0.717, 1.165) is 61.2 Å². The fraction of sp³-hybridized carbons (Fsp3) is 0.0189. The van der Waals surface area contributed by atoms with Crippen LogP contribution in [0.4, 0.5) is 0 Å². The normalized spacial score (nSPS) is 14.1. The highest BCUT2D eigenvalue weighted by Crippen LogP contribution is 2.38. The third kappa shape index (κ3) is 6.05. The van der Waals surface area contributed by atoms with Crippen LogP contribution in [0, 0.1) is 0 Å². The number of amidine groups is 2. The molecule has 1 aliphatic rings. The minimum absolute atomic E-state index is 0.376. The summed E-state index contributed by atoms with van der Waals surface area (Å²) in [7, 11) is 0. The zero-order valence-corrected chi connectivity index (χ0v) is 30.9. The lowest BCUT2D eigenvalue weighted by Crippen LogP contribution is -2.33. The average molecular weight is 730 g/mol. The van der Waals surface area contributed by atoms with Gasteiger partial charge in [0, 0.05) is 21.9 Å². The maximum absolute atomic E-state index is 6.57. The molecule has 2 heterocycles. The van der Waals surface area contributed by atoms with Crippen molar-refractivity contribution in [1.82, 2.24) is 5.32 Å². The molecule has 4 nitrogen and oxygen atoms in total. The van der Waals surface area contributed by atoms with E-state index in [4.69, 9.17) is 14.4 Å². The molecule has 9 aromatic carbocycles. The van der Waals surface area contributed by atoms with Crippen molar-refractivity contribution in [2.45, 2.75) is 6.17 Å². The molecule has 0 spiro atoms. The summed E-state index contributed by atoms with van der Waals surface area (Å²) < 4.78 is 6.57. The second kappa shape index (κ2) is 13.6. The quantitative estimate of drug-likeness (QED) is 0.185. The molecule has 0 amide bonds. The smallest absolute Gasteiger partial charge is 0.160 e. The molecular formula is C53H35N3O. The van der Waals surface area contributed by atoms with E-state index >= 15 is 0 Å². The number of fused-ring (bicyclic) bond motifs is 5. The highest BCUT2D eigenvalue weighted by atomic mass is 16.3. The van der Waals surface area contributed by atoms with Gasteiger partial charge < -0.3 is 9.73 Å². The van der Waals surface area contributed by atoms with Crippen LogP contribution in [-0.4, -0.2) is 11.7 Å². The molecule has 0 fully saturated rings.